The van der Waals surface area contributed by atoms with E-state index in [0.29, 0.717) is 28.9 Å². The first-order valence-electron chi connectivity index (χ1n) is 13.7. The molecule has 42 heavy (non-hydrogen) atoms. The zero-order chi connectivity index (χ0) is 29.1. The minimum atomic E-state index is -0.419. The summed E-state index contributed by atoms with van der Waals surface area (Å²) in [7, 11) is 1.54. The molecule has 0 radical (unpaired) electrons. The van der Waals surface area contributed by atoms with Gasteiger partial charge in [-0.25, -0.2) is 9.48 Å². The lowest BCUT2D eigenvalue weighted by Gasteiger charge is -2.11. The molecule has 1 aliphatic rings. The first kappa shape index (κ1) is 26.8. The molecule has 1 aliphatic carbocycles. The third kappa shape index (κ3) is 5.85. The number of urea groups is 1. The second kappa shape index (κ2) is 11.6. The first-order chi connectivity index (χ1) is 20.4. The number of ether oxygens (including phenoxy) is 1. The number of hydrogen-bond donors (Lipinski definition) is 4. The van der Waals surface area contributed by atoms with Crippen molar-refractivity contribution in [3.63, 3.8) is 0 Å². The quantitative estimate of drug-likeness (QED) is 0.204. The number of aromatic nitrogens is 4. The van der Waals surface area contributed by atoms with Gasteiger partial charge in [-0.3, -0.25) is 19.9 Å². The third-order valence-corrected chi connectivity index (χ3v) is 7.23. The molecule has 0 saturated heterocycles. The molecule has 4 N–H and O–H groups in total. The van der Waals surface area contributed by atoms with E-state index in [1.165, 1.54) is 32.2 Å². The summed E-state index contributed by atoms with van der Waals surface area (Å²) in [5.74, 6) is 1.59. The van der Waals surface area contributed by atoms with Crippen molar-refractivity contribution in [2.45, 2.75) is 31.6 Å². The van der Waals surface area contributed by atoms with Crippen LogP contribution in [0, 0.1) is 0 Å². The summed E-state index contributed by atoms with van der Waals surface area (Å²) in [5, 5.41) is 14.1. The maximum absolute atomic E-state index is 13.1. The van der Waals surface area contributed by atoms with E-state index in [1.54, 1.807) is 47.1 Å². The van der Waals surface area contributed by atoms with E-state index in [-0.39, 0.29) is 17.2 Å². The highest BCUT2D eigenvalue weighted by atomic mass is 16.5. The Labute approximate surface area is 240 Å². The Balaban J connectivity index is 1.18. The number of benzene rings is 2. The molecule has 11 heteroatoms. The highest BCUT2D eigenvalue weighted by Gasteiger charge is 2.23. The minimum Gasteiger partial charge on any atom is -0.457 e. The van der Waals surface area contributed by atoms with Crippen LogP contribution in [0.15, 0.2) is 83.8 Å². The van der Waals surface area contributed by atoms with Crippen LogP contribution in [0.3, 0.4) is 0 Å². The van der Waals surface area contributed by atoms with Crippen molar-refractivity contribution in [3.05, 3.63) is 101 Å². The zero-order valence-corrected chi connectivity index (χ0v) is 22.9. The van der Waals surface area contributed by atoms with E-state index in [9.17, 15) is 14.4 Å². The van der Waals surface area contributed by atoms with Crippen molar-refractivity contribution >= 4 is 34.3 Å². The molecule has 3 amide bonds. The number of aromatic amines is 1. The van der Waals surface area contributed by atoms with Crippen LogP contribution < -0.4 is 26.2 Å². The number of pyridine rings is 2. The molecule has 0 atom stereocenters. The lowest BCUT2D eigenvalue weighted by Crippen LogP contribution is -2.21. The molecule has 1 fully saturated rings. The van der Waals surface area contributed by atoms with E-state index < -0.39 is 6.03 Å². The summed E-state index contributed by atoms with van der Waals surface area (Å²) in [6.45, 7) is 0. The van der Waals surface area contributed by atoms with Crippen LogP contribution in [-0.4, -0.2) is 38.7 Å². The first-order valence-corrected chi connectivity index (χ1v) is 13.7. The average Bonchev–Trinajstić information content (AvgIpc) is 3.68. The van der Waals surface area contributed by atoms with Gasteiger partial charge in [0.15, 0.2) is 0 Å². The summed E-state index contributed by atoms with van der Waals surface area (Å²) in [6, 6.07) is 20.5. The van der Waals surface area contributed by atoms with Crippen molar-refractivity contribution in [2.75, 3.05) is 17.7 Å². The van der Waals surface area contributed by atoms with Crippen molar-refractivity contribution in [1.82, 2.24) is 25.1 Å². The van der Waals surface area contributed by atoms with Crippen LogP contribution >= 0.6 is 0 Å². The van der Waals surface area contributed by atoms with Crippen LogP contribution in [0.2, 0.25) is 0 Å². The van der Waals surface area contributed by atoms with E-state index in [0.717, 1.165) is 35.1 Å². The fourth-order valence-corrected chi connectivity index (χ4v) is 5.13. The van der Waals surface area contributed by atoms with Gasteiger partial charge in [0.25, 0.3) is 5.91 Å². The summed E-state index contributed by atoms with van der Waals surface area (Å²) in [5.41, 5.74) is 3.10. The number of carbonyl (C=O) groups is 2. The number of rotatable bonds is 7. The monoisotopic (exact) mass is 563 g/mol. The number of nitrogens with zero attached hydrogens (tertiary/aromatic N) is 3. The van der Waals surface area contributed by atoms with Gasteiger partial charge in [-0.15, -0.1) is 0 Å². The smallest absolute Gasteiger partial charge is 0.324 e. The SMILES string of the molecule is CNC(=O)c1cc(Oc2ccc(NC(=O)Nc3cc(C4CCCC4)nn3-c3ccc4[nH]c(=O)ccc4c3)cc2)ccn1. The molecular weight excluding hydrogens is 534 g/mol. The van der Waals surface area contributed by atoms with E-state index in [2.05, 4.69) is 25.9 Å². The predicted octanol–water partition coefficient (Wildman–Crippen LogP) is 5.56. The molecule has 0 spiro atoms. The van der Waals surface area contributed by atoms with Crippen LogP contribution in [0.1, 0.15) is 47.8 Å². The van der Waals surface area contributed by atoms with Gasteiger partial charge in [-0.1, -0.05) is 12.8 Å². The van der Waals surface area contributed by atoms with Gasteiger partial charge in [0.05, 0.1) is 11.4 Å². The summed E-state index contributed by atoms with van der Waals surface area (Å²) in [6.07, 6.45) is 5.98. The number of hydrogen-bond acceptors (Lipinski definition) is 6. The van der Waals surface area contributed by atoms with Crippen LogP contribution in [-0.2, 0) is 0 Å². The lowest BCUT2D eigenvalue weighted by molar-refractivity contribution is 0.0957. The molecule has 0 aliphatic heterocycles. The van der Waals surface area contributed by atoms with E-state index >= 15 is 0 Å². The Kier molecular flexibility index (Phi) is 7.37. The Morgan fingerprint density at radius 2 is 1.74 bits per heavy atom. The molecule has 2 aromatic carbocycles. The summed E-state index contributed by atoms with van der Waals surface area (Å²) in [4.78, 5) is 43.5. The number of fused-ring (bicyclic) bond motifs is 1. The number of carbonyl (C=O) groups excluding carboxylic acids is 2. The molecule has 3 heterocycles. The van der Waals surface area contributed by atoms with Crippen LogP contribution in [0.25, 0.3) is 16.6 Å². The van der Waals surface area contributed by atoms with E-state index in [4.69, 9.17) is 9.84 Å². The Bertz CT molecular complexity index is 1820. The maximum atomic E-state index is 13.1. The average molecular weight is 564 g/mol. The summed E-state index contributed by atoms with van der Waals surface area (Å²) < 4.78 is 7.58. The molecular formula is C31H29N7O4. The van der Waals surface area contributed by atoms with Crippen molar-refractivity contribution in [1.29, 1.82) is 0 Å². The Morgan fingerprint density at radius 3 is 2.52 bits per heavy atom. The molecule has 0 unspecified atom stereocenters. The number of nitrogens with one attached hydrogen (secondary N) is 4. The van der Waals surface area contributed by atoms with Crippen molar-refractivity contribution in [3.8, 4) is 17.2 Å². The normalized spacial score (nSPS) is 13.2. The van der Waals surface area contributed by atoms with Gasteiger partial charge in [-0.2, -0.15) is 5.10 Å². The van der Waals surface area contributed by atoms with Gasteiger partial charge in [-0.05, 0) is 67.4 Å². The number of amides is 3. The Hall–Kier alpha value is -5.45. The second-order valence-electron chi connectivity index (χ2n) is 10.1. The highest BCUT2D eigenvalue weighted by Crippen LogP contribution is 2.35. The topological polar surface area (TPSA) is 143 Å². The highest BCUT2D eigenvalue weighted by molar-refractivity contribution is 5.99. The lowest BCUT2D eigenvalue weighted by atomic mass is 10.0. The van der Waals surface area contributed by atoms with Gasteiger partial charge >= 0.3 is 6.03 Å². The molecule has 0 bridgehead atoms. The van der Waals surface area contributed by atoms with Gasteiger partial charge in [0.1, 0.15) is 23.0 Å². The molecule has 212 valence electrons. The number of anilines is 2. The summed E-state index contributed by atoms with van der Waals surface area (Å²) >= 11 is 0. The predicted molar refractivity (Wildman–Crippen MR) is 160 cm³/mol. The Morgan fingerprint density at radius 1 is 0.929 bits per heavy atom. The third-order valence-electron chi connectivity index (χ3n) is 7.23. The largest absolute Gasteiger partial charge is 0.457 e. The van der Waals surface area contributed by atoms with Gasteiger partial charge in [0.2, 0.25) is 5.56 Å². The molecule has 3 aromatic heterocycles. The minimum absolute atomic E-state index is 0.163. The standard InChI is InChI=1S/C31H29N7O4/c1-32-30(40)27-17-24(14-15-33-27)42-23-10-7-21(8-11-23)34-31(41)36-28-18-26(19-4-2-3-5-19)37-38(28)22-9-12-25-20(16-22)6-13-29(39)35-25/h6-19H,2-5H2,1H3,(H,32,40)(H,35,39)(H2,34,36,41). The second-order valence-corrected chi connectivity index (χ2v) is 10.1. The molecule has 6 rings (SSSR count). The fourth-order valence-electron chi connectivity index (χ4n) is 5.13. The maximum Gasteiger partial charge on any atom is 0.324 e. The van der Waals surface area contributed by atoms with E-state index in [1.807, 2.05) is 24.3 Å². The van der Waals surface area contributed by atoms with Crippen molar-refractivity contribution < 1.29 is 14.3 Å². The fraction of sp³-hybridized carbons (Fsp3) is 0.194. The van der Waals surface area contributed by atoms with Crippen LogP contribution in [0.4, 0.5) is 16.3 Å². The van der Waals surface area contributed by atoms with Crippen LogP contribution in [0.5, 0.6) is 11.5 Å². The van der Waals surface area contributed by atoms with Gasteiger partial charge < -0.3 is 20.4 Å². The van der Waals surface area contributed by atoms with Gasteiger partial charge in [0, 0.05) is 54.0 Å². The zero-order valence-electron chi connectivity index (χ0n) is 22.9. The molecule has 11 nitrogen and oxygen atoms in total. The molecule has 5 aromatic rings. The number of H-pyrrole nitrogens is 1. The van der Waals surface area contributed by atoms with Crippen molar-refractivity contribution in [2.24, 2.45) is 0 Å². The molecule has 1 saturated carbocycles.